The third kappa shape index (κ3) is 4.82. The molecule has 3 fully saturated rings. The molecular formula is C31H36N8OS. The molecule has 3 aliphatic rings. The van der Waals surface area contributed by atoms with Crippen LogP contribution in [0.15, 0.2) is 42.6 Å². The number of hydrogen-bond acceptors (Lipinski definition) is 9. The Labute approximate surface area is 244 Å². The number of hydrogen-bond donors (Lipinski definition) is 1. The van der Waals surface area contributed by atoms with Crippen LogP contribution in [0, 0.1) is 6.92 Å². The lowest BCUT2D eigenvalue weighted by atomic mass is 10.0. The minimum Gasteiger partial charge on any atom is -0.335 e. The van der Waals surface area contributed by atoms with Gasteiger partial charge in [-0.15, -0.1) is 11.3 Å². The van der Waals surface area contributed by atoms with Gasteiger partial charge >= 0.3 is 0 Å². The minimum absolute atomic E-state index is 0.0903. The van der Waals surface area contributed by atoms with Gasteiger partial charge in [-0.25, -0.2) is 15.0 Å². The van der Waals surface area contributed by atoms with Crippen molar-refractivity contribution < 1.29 is 4.79 Å². The smallest absolute Gasteiger partial charge is 0.254 e. The summed E-state index contributed by atoms with van der Waals surface area (Å²) in [6.07, 6.45) is 5.12. The predicted octanol–water partition coefficient (Wildman–Crippen LogP) is 5.50. The number of likely N-dealkylation sites (N-methyl/N-ethyl adjacent to an activating group) is 1. The zero-order chi connectivity index (χ0) is 28.3. The number of nitrogens with zero attached hydrogens (tertiary/aromatic N) is 7. The summed E-state index contributed by atoms with van der Waals surface area (Å²) < 4.78 is 0.996. The van der Waals surface area contributed by atoms with Crippen molar-refractivity contribution in [3.63, 3.8) is 0 Å². The standard InChI is InChI=1S/C31H36N8OS/c1-5-37-17-23-14-22(37)18-38(23)30-33-19(2)12-27(36-30)35-26-15-24-25(16-32-26)41-28(34-24)20-8-6-9-21(13-20)29(40)39-11-7-10-31(39,3)4/h6,8-9,12-13,15-16,22-23H,5,7,10-11,14,17-18H2,1-4H3,(H,32,33,35,36)/t22-,23-/m0/s1. The lowest BCUT2D eigenvalue weighted by molar-refractivity contribution is 0.0652. The average molecular weight is 569 g/mol. The second kappa shape index (κ2) is 10.0. The van der Waals surface area contributed by atoms with E-state index in [4.69, 9.17) is 15.0 Å². The third-order valence-electron chi connectivity index (χ3n) is 8.89. The lowest BCUT2D eigenvalue weighted by Gasteiger charge is -2.33. The van der Waals surface area contributed by atoms with Gasteiger partial charge in [-0.1, -0.05) is 19.1 Å². The number of fused-ring (bicyclic) bond motifs is 3. The first-order chi connectivity index (χ1) is 19.8. The Morgan fingerprint density at radius 1 is 1.10 bits per heavy atom. The van der Waals surface area contributed by atoms with Crippen molar-refractivity contribution in [1.29, 1.82) is 0 Å². The van der Waals surface area contributed by atoms with Gasteiger partial charge in [0.25, 0.3) is 5.91 Å². The van der Waals surface area contributed by atoms with Crippen molar-refractivity contribution >= 4 is 45.0 Å². The summed E-state index contributed by atoms with van der Waals surface area (Å²) in [5.74, 6) is 2.31. The molecule has 3 aromatic heterocycles. The maximum absolute atomic E-state index is 13.3. The van der Waals surface area contributed by atoms with Gasteiger partial charge in [0.05, 0.1) is 10.2 Å². The molecular weight excluding hydrogens is 532 g/mol. The normalized spacial score (nSPS) is 21.8. The number of anilines is 3. The molecule has 7 rings (SSSR count). The molecule has 9 nitrogen and oxygen atoms in total. The van der Waals surface area contributed by atoms with E-state index in [2.05, 4.69) is 40.9 Å². The molecule has 41 heavy (non-hydrogen) atoms. The van der Waals surface area contributed by atoms with Gasteiger partial charge in [-0.05, 0) is 58.7 Å². The number of rotatable bonds is 6. The van der Waals surface area contributed by atoms with Gasteiger partial charge in [0.1, 0.15) is 16.6 Å². The van der Waals surface area contributed by atoms with Crippen LogP contribution in [0.3, 0.4) is 0 Å². The highest BCUT2D eigenvalue weighted by Gasteiger charge is 2.43. The number of benzene rings is 1. The minimum atomic E-state index is -0.106. The fourth-order valence-electron chi connectivity index (χ4n) is 6.71. The Balaban J connectivity index is 1.11. The topological polar surface area (TPSA) is 90.4 Å². The number of nitrogens with one attached hydrogen (secondary N) is 1. The van der Waals surface area contributed by atoms with Crippen molar-refractivity contribution in [1.82, 2.24) is 29.7 Å². The van der Waals surface area contributed by atoms with Gasteiger partial charge in [0.15, 0.2) is 0 Å². The molecule has 0 aliphatic carbocycles. The van der Waals surface area contributed by atoms with E-state index in [0.29, 0.717) is 23.5 Å². The van der Waals surface area contributed by atoms with Gasteiger partial charge in [-0.2, -0.15) is 4.98 Å². The van der Waals surface area contributed by atoms with Crippen molar-refractivity contribution in [2.45, 2.75) is 64.6 Å². The van der Waals surface area contributed by atoms with Crippen molar-refractivity contribution in [2.75, 3.05) is 36.4 Å². The summed E-state index contributed by atoms with van der Waals surface area (Å²) in [6, 6.07) is 12.8. The van der Waals surface area contributed by atoms with Crippen LogP contribution in [0.5, 0.6) is 0 Å². The van der Waals surface area contributed by atoms with Crippen LogP contribution in [-0.4, -0.2) is 79.4 Å². The quantitative estimate of drug-likeness (QED) is 0.326. The van der Waals surface area contributed by atoms with Gasteiger partial charge in [0, 0.05) is 72.4 Å². The Bertz CT molecular complexity index is 1630. The fourth-order valence-corrected chi connectivity index (χ4v) is 7.62. The second-order valence-corrected chi connectivity index (χ2v) is 13.1. The summed E-state index contributed by atoms with van der Waals surface area (Å²) in [4.78, 5) is 39.4. The molecule has 0 unspecified atom stereocenters. The Morgan fingerprint density at radius 3 is 2.73 bits per heavy atom. The SMILES string of the molecule is CCN1C[C@@H]2C[C@H]1CN2c1nc(C)cc(Nc2cc3nc(-c4cccc(C(=O)N5CCCC5(C)C)c4)sc3cn2)n1. The highest BCUT2D eigenvalue weighted by atomic mass is 32.1. The molecule has 2 atom stereocenters. The molecule has 212 valence electrons. The number of carbonyl (C=O) groups excluding carboxylic acids is 1. The molecule has 2 bridgehead atoms. The number of aromatic nitrogens is 4. The molecule has 0 saturated carbocycles. The molecule has 3 aliphatic heterocycles. The Morgan fingerprint density at radius 2 is 1.98 bits per heavy atom. The molecule has 1 aromatic carbocycles. The van der Waals surface area contributed by atoms with E-state index in [1.165, 1.54) is 6.42 Å². The van der Waals surface area contributed by atoms with E-state index in [1.807, 2.05) is 54.4 Å². The summed E-state index contributed by atoms with van der Waals surface area (Å²) in [5.41, 5.74) is 3.34. The van der Waals surface area contributed by atoms with Crippen LogP contribution >= 0.6 is 11.3 Å². The van der Waals surface area contributed by atoms with E-state index in [-0.39, 0.29) is 11.4 Å². The van der Waals surface area contributed by atoms with Crippen LogP contribution in [-0.2, 0) is 0 Å². The summed E-state index contributed by atoms with van der Waals surface area (Å²) >= 11 is 1.59. The largest absolute Gasteiger partial charge is 0.335 e. The number of amides is 1. The van der Waals surface area contributed by atoms with Crippen molar-refractivity contribution in [2.24, 2.45) is 0 Å². The number of aryl methyl sites for hydroxylation is 1. The molecule has 10 heteroatoms. The second-order valence-electron chi connectivity index (χ2n) is 12.1. The molecule has 0 radical (unpaired) electrons. The first-order valence-corrected chi connectivity index (χ1v) is 15.4. The molecule has 0 spiro atoms. The summed E-state index contributed by atoms with van der Waals surface area (Å²) in [7, 11) is 0. The molecule has 3 saturated heterocycles. The predicted molar refractivity (Wildman–Crippen MR) is 164 cm³/mol. The molecule has 6 heterocycles. The molecule has 4 aromatic rings. The van der Waals surface area contributed by atoms with E-state index in [1.54, 1.807) is 11.3 Å². The number of carbonyl (C=O) groups is 1. The van der Waals surface area contributed by atoms with Crippen molar-refractivity contribution in [3.05, 3.63) is 53.9 Å². The number of likely N-dealkylation sites (tertiary alicyclic amines) is 2. The van der Waals surface area contributed by atoms with Crippen molar-refractivity contribution in [3.8, 4) is 10.6 Å². The zero-order valence-corrected chi connectivity index (χ0v) is 24.9. The van der Waals surface area contributed by atoms with Crippen LogP contribution in [0.1, 0.15) is 56.1 Å². The van der Waals surface area contributed by atoms with E-state index in [0.717, 1.165) is 77.3 Å². The first kappa shape index (κ1) is 26.3. The summed E-state index contributed by atoms with van der Waals surface area (Å²) in [5, 5.41) is 4.27. The third-order valence-corrected chi connectivity index (χ3v) is 9.95. The molecule has 1 N–H and O–H groups in total. The summed E-state index contributed by atoms with van der Waals surface area (Å²) in [6.45, 7) is 12.5. The van der Waals surface area contributed by atoms with Gasteiger partial charge in [0.2, 0.25) is 5.95 Å². The van der Waals surface area contributed by atoms with Gasteiger partial charge in [-0.3, -0.25) is 9.69 Å². The van der Waals surface area contributed by atoms with Crippen LogP contribution < -0.4 is 10.2 Å². The fraction of sp³-hybridized carbons (Fsp3) is 0.452. The van der Waals surface area contributed by atoms with E-state index in [9.17, 15) is 4.79 Å². The number of pyridine rings is 1. The lowest BCUT2D eigenvalue weighted by Crippen LogP contribution is -2.46. The van der Waals surface area contributed by atoms with Crippen LogP contribution in [0.25, 0.3) is 20.8 Å². The first-order valence-electron chi connectivity index (χ1n) is 14.6. The average Bonchev–Trinajstić information content (AvgIpc) is 3.74. The van der Waals surface area contributed by atoms with Gasteiger partial charge < -0.3 is 15.1 Å². The van der Waals surface area contributed by atoms with E-state index >= 15 is 0 Å². The highest BCUT2D eigenvalue weighted by molar-refractivity contribution is 7.21. The number of piperazine rings is 1. The van der Waals surface area contributed by atoms with Crippen LogP contribution in [0.2, 0.25) is 0 Å². The highest BCUT2D eigenvalue weighted by Crippen LogP contribution is 2.35. The zero-order valence-electron chi connectivity index (χ0n) is 24.1. The Hall–Kier alpha value is -3.63. The van der Waals surface area contributed by atoms with E-state index < -0.39 is 0 Å². The Kier molecular flexibility index (Phi) is 6.43. The molecule has 1 amide bonds. The monoisotopic (exact) mass is 568 g/mol. The van der Waals surface area contributed by atoms with Crippen LogP contribution in [0.4, 0.5) is 17.6 Å². The maximum Gasteiger partial charge on any atom is 0.254 e. The number of thiazole rings is 1. The maximum atomic E-state index is 13.3.